The van der Waals surface area contributed by atoms with Crippen LogP contribution in [0.4, 0.5) is 0 Å². The van der Waals surface area contributed by atoms with Crippen LogP contribution in [0.5, 0.6) is 5.75 Å². The molecule has 10 heteroatoms. The Balaban J connectivity index is 1.30. The third-order valence-corrected chi connectivity index (χ3v) is 5.66. The molecule has 2 aromatic heterocycles. The largest absolute Gasteiger partial charge is 0.491 e. The second kappa shape index (κ2) is 8.91. The zero-order valence-corrected chi connectivity index (χ0v) is 18.4. The van der Waals surface area contributed by atoms with Crippen molar-refractivity contribution >= 4 is 23.2 Å². The van der Waals surface area contributed by atoms with E-state index in [4.69, 9.17) is 37.4 Å². The number of ether oxygens (including phenoxy) is 3. The maximum atomic E-state index is 6.49. The monoisotopic (exact) mass is 471 g/mol. The smallest absolute Gasteiger partial charge is 0.217 e. The van der Waals surface area contributed by atoms with Crippen LogP contribution in [0.25, 0.3) is 5.69 Å². The van der Waals surface area contributed by atoms with Gasteiger partial charge >= 0.3 is 0 Å². The first-order valence-electron chi connectivity index (χ1n) is 9.92. The molecule has 1 fully saturated rings. The lowest BCUT2D eigenvalue weighted by atomic mass is 10.1. The summed E-state index contributed by atoms with van der Waals surface area (Å²) in [4.78, 5) is 8.06. The van der Waals surface area contributed by atoms with E-state index in [2.05, 4.69) is 15.1 Å². The Bertz CT molecular complexity index is 1170. The lowest BCUT2D eigenvalue weighted by Crippen LogP contribution is -2.35. The van der Waals surface area contributed by atoms with Crippen molar-refractivity contribution < 1.29 is 14.2 Å². The standard InChI is InChI=1S/C22H19Cl2N5O3/c23-16-1-6-20(21(24)9-16)22(12-29-15-26-13-27-29)31-11-19(32-22)10-30-18-4-2-17(3-5-18)28-8-7-25-14-28/h1-9,13-15,19H,10-12H2. The summed E-state index contributed by atoms with van der Waals surface area (Å²) >= 11 is 12.6. The number of nitrogens with zero attached hydrogens (tertiary/aromatic N) is 5. The first-order valence-corrected chi connectivity index (χ1v) is 10.7. The van der Waals surface area contributed by atoms with Gasteiger partial charge in [-0.1, -0.05) is 29.3 Å². The molecular weight excluding hydrogens is 453 g/mol. The van der Waals surface area contributed by atoms with Gasteiger partial charge in [0.1, 0.15) is 37.7 Å². The second-order valence-electron chi connectivity index (χ2n) is 7.30. The molecule has 8 nitrogen and oxygen atoms in total. The van der Waals surface area contributed by atoms with Gasteiger partial charge in [0.15, 0.2) is 0 Å². The molecule has 1 saturated heterocycles. The molecule has 0 amide bonds. The normalized spacial score (nSPS) is 20.5. The average Bonchev–Trinajstić information content (AvgIpc) is 3.56. The highest BCUT2D eigenvalue weighted by molar-refractivity contribution is 6.35. The van der Waals surface area contributed by atoms with Crippen molar-refractivity contribution in [2.75, 3.05) is 13.2 Å². The Hall–Kier alpha value is -2.91. The van der Waals surface area contributed by atoms with Gasteiger partial charge in [-0.25, -0.2) is 14.6 Å². The minimum absolute atomic E-state index is 0.282. The van der Waals surface area contributed by atoms with Crippen LogP contribution in [0.15, 0.2) is 73.8 Å². The molecule has 0 bridgehead atoms. The van der Waals surface area contributed by atoms with Crippen LogP contribution in [0.2, 0.25) is 10.0 Å². The molecule has 1 aliphatic rings. The average molecular weight is 472 g/mol. The maximum Gasteiger partial charge on any atom is 0.217 e. The Morgan fingerprint density at radius 2 is 1.97 bits per heavy atom. The van der Waals surface area contributed by atoms with Gasteiger partial charge in [0.05, 0.1) is 18.0 Å². The van der Waals surface area contributed by atoms with E-state index in [-0.39, 0.29) is 12.6 Å². The zero-order chi connectivity index (χ0) is 22.0. The Morgan fingerprint density at radius 1 is 1.09 bits per heavy atom. The van der Waals surface area contributed by atoms with E-state index in [1.165, 1.54) is 6.33 Å². The number of imidazole rings is 1. The Kier molecular flexibility index (Phi) is 5.84. The fourth-order valence-electron chi connectivity index (χ4n) is 3.60. The molecule has 2 unspecified atom stereocenters. The highest BCUT2D eigenvalue weighted by Crippen LogP contribution is 2.40. The summed E-state index contributed by atoms with van der Waals surface area (Å²) in [5.41, 5.74) is 1.67. The third-order valence-electron chi connectivity index (χ3n) is 5.11. The van der Waals surface area contributed by atoms with Crippen molar-refractivity contribution in [2.24, 2.45) is 0 Å². The van der Waals surface area contributed by atoms with Crippen LogP contribution in [0.3, 0.4) is 0 Å². The summed E-state index contributed by atoms with van der Waals surface area (Å²) in [5.74, 6) is -0.398. The van der Waals surface area contributed by atoms with Crippen LogP contribution in [-0.4, -0.2) is 43.6 Å². The first kappa shape index (κ1) is 21.0. The van der Waals surface area contributed by atoms with E-state index < -0.39 is 5.79 Å². The molecule has 0 N–H and O–H groups in total. The summed E-state index contributed by atoms with van der Waals surface area (Å²) < 4.78 is 22.0. The van der Waals surface area contributed by atoms with Crippen molar-refractivity contribution in [3.8, 4) is 11.4 Å². The lowest BCUT2D eigenvalue weighted by molar-refractivity contribution is -0.190. The molecule has 32 heavy (non-hydrogen) atoms. The molecule has 4 aromatic rings. The quantitative estimate of drug-likeness (QED) is 0.403. The fraction of sp³-hybridized carbons (Fsp3) is 0.227. The SMILES string of the molecule is Clc1ccc(C2(Cn3cncn3)OCC(COc3ccc(-n4ccnc4)cc3)O2)c(Cl)c1. The number of halogens is 2. The fourth-order valence-corrected chi connectivity index (χ4v) is 4.15. The summed E-state index contributed by atoms with van der Waals surface area (Å²) in [6, 6.07) is 13.0. The van der Waals surface area contributed by atoms with Crippen molar-refractivity contribution in [3.63, 3.8) is 0 Å². The highest BCUT2D eigenvalue weighted by atomic mass is 35.5. The van der Waals surface area contributed by atoms with Gasteiger partial charge in [-0.05, 0) is 36.4 Å². The molecule has 3 heterocycles. The minimum atomic E-state index is -1.13. The maximum absolute atomic E-state index is 6.49. The van der Waals surface area contributed by atoms with Crippen LogP contribution in [-0.2, 0) is 21.8 Å². The molecule has 164 valence electrons. The van der Waals surface area contributed by atoms with Gasteiger partial charge < -0.3 is 18.8 Å². The topological polar surface area (TPSA) is 76.2 Å². The van der Waals surface area contributed by atoms with Crippen LogP contribution in [0, 0.1) is 0 Å². The number of hydrogen-bond donors (Lipinski definition) is 0. The summed E-state index contributed by atoms with van der Waals surface area (Å²) in [5, 5.41) is 5.17. The molecule has 5 rings (SSSR count). The van der Waals surface area contributed by atoms with E-state index in [1.54, 1.807) is 41.7 Å². The van der Waals surface area contributed by atoms with Gasteiger partial charge in [0.25, 0.3) is 0 Å². The van der Waals surface area contributed by atoms with E-state index in [9.17, 15) is 0 Å². The highest BCUT2D eigenvalue weighted by Gasteiger charge is 2.45. The number of benzene rings is 2. The van der Waals surface area contributed by atoms with Gasteiger partial charge in [-0.2, -0.15) is 5.10 Å². The number of rotatable bonds is 7. The van der Waals surface area contributed by atoms with Gasteiger partial charge in [0.2, 0.25) is 5.79 Å². The van der Waals surface area contributed by atoms with Crippen molar-refractivity contribution in [1.82, 2.24) is 24.3 Å². The van der Waals surface area contributed by atoms with Crippen LogP contribution >= 0.6 is 23.2 Å². The summed E-state index contributed by atoms with van der Waals surface area (Å²) in [6.45, 7) is 0.931. The van der Waals surface area contributed by atoms with Crippen molar-refractivity contribution in [3.05, 3.63) is 89.4 Å². The Morgan fingerprint density at radius 3 is 2.69 bits per heavy atom. The molecule has 2 atom stereocenters. The third kappa shape index (κ3) is 4.35. The molecular formula is C22H19Cl2N5O3. The van der Waals surface area contributed by atoms with Crippen molar-refractivity contribution in [2.45, 2.75) is 18.4 Å². The van der Waals surface area contributed by atoms with Crippen LogP contribution in [0.1, 0.15) is 5.56 Å². The molecule has 2 aromatic carbocycles. The molecule has 0 spiro atoms. The minimum Gasteiger partial charge on any atom is -0.491 e. The van der Waals surface area contributed by atoms with Gasteiger partial charge in [0, 0.05) is 28.7 Å². The van der Waals surface area contributed by atoms with E-state index in [0.717, 1.165) is 11.4 Å². The first-order chi connectivity index (χ1) is 15.6. The predicted octanol–water partition coefficient (Wildman–Crippen LogP) is 4.12. The molecule has 0 aliphatic carbocycles. The van der Waals surface area contributed by atoms with E-state index >= 15 is 0 Å². The molecule has 0 radical (unpaired) electrons. The zero-order valence-electron chi connectivity index (χ0n) is 16.8. The van der Waals surface area contributed by atoms with Gasteiger partial charge in [-0.15, -0.1) is 0 Å². The van der Waals surface area contributed by atoms with Crippen LogP contribution < -0.4 is 4.74 Å². The second-order valence-corrected chi connectivity index (χ2v) is 8.14. The predicted molar refractivity (Wildman–Crippen MR) is 118 cm³/mol. The van der Waals surface area contributed by atoms with E-state index in [1.807, 2.05) is 35.0 Å². The van der Waals surface area contributed by atoms with Crippen molar-refractivity contribution in [1.29, 1.82) is 0 Å². The molecule has 0 saturated carbocycles. The van der Waals surface area contributed by atoms with E-state index in [0.29, 0.717) is 28.8 Å². The summed E-state index contributed by atoms with van der Waals surface area (Å²) in [7, 11) is 0. The summed E-state index contributed by atoms with van der Waals surface area (Å²) in [6.07, 6.45) is 8.12. The van der Waals surface area contributed by atoms with Gasteiger partial charge in [-0.3, -0.25) is 0 Å². The Labute approximate surface area is 194 Å². The molecule has 1 aliphatic heterocycles. The number of hydrogen-bond acceptors (Lipinski definition) is 6. The lowest BCUT2D eigenvalue weighted by Gasteiger charge is -2.29. The number of aromatic nitrogens is 5.